The Kier molecular flexibility index (Phi) is 7.47. The lowest BCUT2D eigenvalue weighted by molar-refractivity contribution is 0.194. The Bertz CT molecular complexity index is 1090. The van der Waals surface area contributed by atoms with E-state index < -0.39 is 0 Å². The lowest BCUT2D eigenvalue weighted by Crippen LogP contribution is -2.41. The maximum absolute atomic E-state index is 13.1. The summed E-state index contributed by atoms with van der Waals surface area (Å²) in [6, 6.07) is 15.2. The molecular formula is C25H32N4O2. The zero-order valence-corrected chi connectivity index (χ0v) is 18.9. The van der Waals surface area contributed by atoms with Crippen LogP contribution in [-0.2, 0) is 6.54 Å². The molecule has 2 N–H and O–H groups in total. The number of hydrogen-bond donors (Lipinski definition) is 2. The predicted octanol–water partition coefficient (Wildman–Crippen LogP) is 4.52. The number of fused-ring (bicyclic) bond motifs is 1. The first-order chi connectivity index (χ1) is 14.9. The molecule has 0 radical (unpaired) electrons. The van der Waals surface area contributed by atoms with Crippen LogP contribution in [0, 0.1) is 13.8 Å². The normalized spacial score (nSPS) is 11.1. The summed E-state index contributed by atoms with van der Waals surface area (Å²) in [5.41, 5.74) is 4.16. The van der Waals surface area contributed by atoms with Gasteiger partial charge in [0, 0.05) is 29.7 Å². The maximum Gasteiger partial charge on any atom is 0.322 e. The molecule has 0 aliphatic carbocycles. The number of likely N-dealkylation sites (N-methyl/N-ethyl adjacent to an activating group) is 1. The fourth-order valence-corrected chi connectivity index (χ4v) is 3.72. The highest BCUT2D eigenvalue weighted by Crippen LogP contribution is 2.20. The van der Waals surface area contributed by atoms with Crippen molar-refractivity contribution in [1.82, 2.24) is 14.8 Å². The van der Waals surface area contributed by atoms with Crippen LogP contribution in [0.1, 0.15) is 30.5 Å². The van der Waals surface area contributed by atoms with Gasteiger partial charge in [0.25, 0.3) is 5.56 Å². The van der Waals surface area contributed by atoms with E-state index in [0.29, 0.717) is 12.1 Å². The van der Waals surface area contributed by atoms with Gasteiger partial charge in [-0.15, -0.1) is 0 Å². The minimum atomic E-state index is -0.209. The van der Waals surface area contributed by atoms with Crippen molar-refractivity contribution in [3.8, 4) is 0 Å². The van der Waals surface area contributed by atoms with Crippen molar-refractivity contribution in [3.05, 3.63) is 75.6 Å². The third-order valence-electron chi connectivity index (χ3n) is 5.77. The number of rotatable bonds is 8. The monoisotopic (exact) mass is 420 g/mol. The SMILES string of the molecule is CCN(CC)CCN(Cc1cc2c(C)ccc(C)c2[nH]c1=O)C(=O)Nc1ccccc1. The number of carbonyl (C=O) groups is 1. The van der Waals surface area contributed by atoms with Gasteiger partial charge in [-0.2, -0.15) is 0 Å². The number of aryl methyl sites for hydroxylation is 2. The summed E-state index contributed by atoms with van der Waals surface area (Å²) in [5, 5.41) is 3.97. The van der Waals surface area contributed by atoms with Gasteiger partial charge in [-0.3, -0.25) is 4.79 Å². The molecule has 0 atom stereocenters. The number of urea groups is 1. The van der Waals surface area contributed by atoms with Crippen molar-refractivity contribution < 1.29 is 4.79 Å². The average molecular weight is 421 g/mol. The van der Waals surface area contributed by atoms with Crippen LogP contribution in [0.2, 0.25) is 0 Å². The van der Waals surface area contributed by atoms with Crippen LogP contribution < -0.4 is 10.9 Å². The number of benzene rings is 2. The molecule has 1 aromatic heterocycles. The number of nitrogens with zero attached hydrogens (tertiary/aromatic N) is 2. The third-order valence-corrected chi connectivity index (χ3v) is 5.77. The molecular weight excluding hydrogens is 388 g/mol. The Labute approximate surface area is 183 Å². The molecule has 3 rings (SSSR count). The Morgan fingerprint density at radius 1 is 0.968 bits per heavy atom. The number of aromatic amines is 1. The largest absolute Gasteiger partial charge is 0.322 e. The lowest BCUT2D eigenvalue weighted by Gasteiger charge is -2.27. The van der Waals surface area contributed by atoms with Crippen LogP contribution in [0.25, 0.3) is 10.9 Å². The van der Waals surface area contributed by atoms with E-state index in [1.165, 1.54) is 0 Å². The Balaban J connectivity index is 1.89. The second kappa shape index (κ2) is 10.3. The summed E-state index contributed by atoms with van der Waals surface area (Å²) >= 11 is 0. The van der Waals surface area contributed by atoms with Gasteiger partial charge >= 0.3 is 6.03 Å². The number of nitrogens with one attached hydrogen (secondary N) is 2. The number of amides is 2. The van der Waals surface area contributed by atoms with Crippen LogP contribution in [0.15, 0.2) is 53.3 Å². The Morgan fingerprint density at radius 2 is 1.65 bits per heavy atom. The van der Waals surface area contributed by atoms with Gasteiger partial charge < -0.3 is 20.1 Å². The van der Waals surface area contributed by atoms with Crippen LogP contribution >= 0.6 is 0 Å². The van der Waals surface area contributed by atoms with Gasteiger partial charge in [-0.1, -0.05) is 44.2 Å². The number of carbonyl (C=O) groups excluding carboxylic acids is 1. The fraction of sp³-hybridized carbons (Fsp3) is 0.360. The van der Waals surface area contributed by atoms with Gasteiger partial charge in [0.05, 0.1) is 12.1 Å². The van der Waals surface area contributed by atoms with Crippen molar-refractivity contribution in [2.75, 3.05) is 31.5 Å². The summed E-state index contributed by atoms with van der Waals surface area (Å²) < 4.78 is 0. The van der Waals surface area contributed by atoms with Gasteiger partial charge in [0.1, 0.15) is 0 Å². The van der Waals surface area contributed by atoms with Crippen LogP contribution in [0.4, 0.5) is 10.5 Å². The predicted molar refractivity (Wildman–Crippen MR) is 128 cm³/mol. The van der Waals surface area contributed by atoms with E-state index >= 15 is 0 Å². The standard InChI is InChI=1S/C25H32N4O2/c1-5-28(6-2)14-15-29(25(31)26-21-10-8-7-9-11-21)17-20-16-22-18(3)12-13-19(4)23(22)27-24(20)30/h7-13,16H,5-6,14-15,17H2,1-4H3,(H,26,31)(H,27,30). The molecule has 0 spiro atoms. The lowest BCUT2D eigenvalue weighted by atomic mass is 10.0. The van der Waals surface area contributed by atoms with E-state index in [-0.39, 0.29) is 18.1 Å². The zero-order chi connectivity index (χ0) is 22.4. The zero-order valence-electron chi connectivity index (χ0n) is 18.9. The molecule has 0 aliphatic heterocycles. The Morgan fingerprint density at radius 3 is 2.32 bits per heavy atom. The van der Waals surface area contributed by atoms with E-state index in [2.05, 4.69) is 35.1 Å². The molecule has 0 saturated heterocycles. The summed E-state index contributed by atoms with van der Waals surface area (Å²) in [5.74, 6) is 0. The molecule has 0 aliphatic rings. The number of pyridine rings is 1. The smallest absolute Gasteiger partial charge is 0.321 e. The van der Waals surface area contributed by atoms with Gasteiger partial charge in [-0.05, 0) is 56.3 Å². The molecule has 0 bridgehead atoms. The van der Waals surface area contributed by atoms with Crippen LogP contribution in [-0.4, -0.2) is 47.0 Å². The first kappa shape index (κ1) is 22.6. The molecule has 6 nitrogen and oxygen atoms in total. The third kappa shape index (κ3) is 5.52. The molecule has 2 aromatic carbocycles. The molecule has 3 aromatic rings. The number of H-pyrrole nitrogens is 1. The van der Waals surface area contributed by atoms with Crippen molar-refractivity contribution in [1.29, 1.82) is 0 Å². The van der Waals surface area contributed by atoms with Crippen molar-refractivity contribution in [2.45, 2.75) is 34.2 Å². The molecule has 6 heteroatoms. The summed E-state index contributed by atoms with van der Waals surface area (Å²) in [6.45, 7) is 11.6. The first-order valence-electron chi connectivity index (χ1n) is 10.9. The van der Waals surface area contributed by atoms with E-state index in [9.17, 15) is 9.59 Å². The van der Waals surface area contributed by atoms with E-state index in [0.717, 1.165) is 47.4 Å². The summed E-state index contributed by atoms with van der Waals surface area (Å²) in [4.78, 5) is 32.9. The quantitative estimate of drug-likeness (QED) is 0.563. The van der Waals surface area contributed by atoms with Crippen LogP contribution in [0.5, 0.6) is 0 Å². The molecule has 2 amide bonds. The number of para-hydroxylation sites is 1. The summed E-state index contributed by atoms with van der Waals surface area (Å²) in [6.07, 6.45) is 0. The van der Waals surface area contributed by atoms with Crippen LogP contribution in [0.3, 0.4) is 0 Å². The number of hydrogen-bond acceptors (Lipinski definition) is 3. The number of anilines is 1. The Hall–Kier alpha value is -3.12. The van der Waals surface area contributed by atoms with Gasteiger partial charge in [-0.25, -0.2) is 4.79 Å². The highest BCUT2D eigenvalue weighted by Gasteiger charge is 2.18. The maximum atomic E-state index is 13.1. The molecule has 1 heterocycles. The average Bonchev–Trinajstić information content (AvgIpc) is 2.77. The molecule has 0 unspecified atom stereocenters. The van der Waals surface area contributed by atoms with Crippen molar-refractivity contribution in [3.63, 3.8) is 0 Å². The second-order valence-corrected chi connectivity index (χ2v) is 7.86. The topological polar surface area (TPSA) is 68.4 Å². The van der Waals surface area contributed by atoms with E-state index in [1.807, 2.05) is 56.3 Å². The second-order valence-electron chi connectivity index (χ2n) is 7.86. The number of aromatic nitrogens is 1. The highest BCUT2D eigenvalue weighted by molar-refractivity contribution is 5.89. The molecule has 31 heavy (non-hydrogen) atoms. The summed E-state index contributed by atoms with van der Waals surface area (Å²) in [7, 11) is 0. The highest BCUT2D eigenvalue weighted by atomic mass is 16.2. The molecule has 0 fully saturated rings. The molecule has 0 saturated carbocycles. The minimum absolute atomic E-state index is 0.151. The van der Waals surface area contributed by atoms with Gasteiger partial charge in [0.2, 0.25) is 0 Å². The first-order valence-corrected chi connectivity index (χ1v) is 10.9. The van der Waals surface area contributed by atoms with E-state index in [4.69, 9.17) is 0 Å². The van der Waals surface area contributed by atoms with Crippen molar-refractivity contribution >= 4 is 22.6 Å². The fourth-order valence-electron chi connectivity index (χ4n) is 3.72. The molecule has 164 valence electrons. The van der Waals surface area contributed by atoms with Crippen molar-refractivity contribution in [2.24, 2.45) is 0 Å². The van der Waals surface area contributed by atoms with Gasteiger partial charge in [0.15, 0.2) is 0 Å². The van der Waals surface area contributed by atoms with E-state index in [1.54, 1.807) is 4.90 Å². The minimum Gasteiger partial charge on any atom is -0.321 e.